The molecule has 0 unspecified atom stereocenters. The van der Waals surface area contributed by atoms with Crippen LogP contribution in [0.15, 0.2) is 0 Å². The monoisotopic (exact) mass is 238 g/mol. The maximum atomic E-state index is 5.74. The van der Waals surface area contributed by atoms with E-state index in [0.717, 1.165) is 11.1 Å². The Morgan fingerprint density at radius 1 is 0.733 bits per heavy atom. The van der Waals surface area contributed by atoms with Crippen LogP contribution in [0.5, 0.6) is 0 Å². The van der Waals surface area contributed by atoms with Gasteiger partial charge in [-0.05, 0) is 11.1 Å². The molecule has 2 aliphatic carbocycles. The smallest absolute Gasteiger partial charge is 0.229 e. The number of hydrogen-bond acceptors (Lipinski definition) is 1. The van der Waals surface area contributed by atoms with Gasteiger partial charge >= 0.3 is 0 Å². The molecule has 0 N–H and O–H groups in total. The van der Waals surface area contributed by atoms with E-state index in [-0.39, 0.29) is 0 Å². The van der Waals surface area contributed by atoms with Crippen molar-refractivity contribution in [3.05, 3.63) is 0 Å². The summed E-state index contributed by atoms with van der Waals surface area (Å²) in [5.41, 5.74) is 1.87. The minimum Gasteiger partial charge on any atom is -0.457 e. The lowest BCUT2D eigenvalue weighted by Gasteiger charge is -2.34. The molecule has 1 nitrogen and oxygen atoms in total. The summed E-state index contributed by atoms with van der Waals surface area (Å²) in [6.07, 6.45) is 14.5. The summed E-state index contributed by atoms with van der Waals surface area (Å²) in [5, 5.41) is 0. The minimum absolute atomic E-state index is 0.572. The Kier molecular flexibility index (Phi) is 4.91. The first-order valence-electron chi connectivity index (χ1n) is 6.62. The molecule has 84 valence electrons. The van der Waals surface area contributed by atoms with E-state index in [1.807, 2.05) is 0 Å². The lowest BCUT2D eigenvalue weighted by molar-refractivity contribution is 0.417. The molecule has 0 bridgehead atoms. The fraction of sp³-hybridized carbons (Fsp3) is 1.00. The van der Waals surface area contributed by atoms with Crippen LogP contribution in [-0.4, -0.2) is 19.5 Å². The van der Waals surface area contributed by atoms with Crippen LogP contribution in [0.3, 0.4) is 0 Å². The second-order valence-corrected chi connectivity index (χ2v) is 8.43. The maximum Gasteiger partial charge on any atom is 0.229 e. The minimum atomic E-state index is -0.572. The average Bonchev–Trinajstić information content (AvgIpc) is 2.33. The lowest BCUT2D eigenvalue weighted by Crippen LogP contribution is -2.32. The maximum absolute atomic E-state index is 5.74. The highest BCUT2D eigenvalue weighted by atomic mass is 28.3. The van der Waals surface area contributed by atoms with Gasteiger partial charge in [-0.25, -0.2) is 0 Å². The molecule has 0 aromatic carbocycles. The van der Waals surface area contributed by atoms with Crippen molar-refractivity contribution in [1.82, 2.24) is 0 Å². The molecule has 0 atom stereocenters. The molecule has 15 heavy (non-hydrogen) atoms. The summed E-state index contributed by atoms with van der Waals surface area (Å²) < 4.78 is 5.74. The van der Waals surface area contributed by atoms with Gasteiger partial charge in [-0.3, -0.25) is 0 Å². The van der Waals surface area contributed by atoms with E-state index in [1.54, 1.807) is 0 Å². The number of hydrogen-bond donors (Lipinski definition) is 0. The van der Waals surface area contributed by atoms with Crippen molar-refractivity contribution >= 4 is 19.5 Å². The van der Waals surface area contributed by atoms with E-state index in [2.05, 4.69) is 10.5 Å². The van der Waals surface area contributed by atoms with Gasteiger partial charge in [-0.1, -0.05) is 64.2 Å². The molecule has 0 amide bonds. The zero-order chi connectivity index (χ0) is 10.5. The average molecular weight is 238 g/mol. The van der Waals surface area contributed by atoms with Crippen molar-refractivity contribution in [2.75, 3.05) is 0 Å². The molecular weight excluding hydrogens is 216 g/mol. The van der Waals surface area contributed by atoms with Crippen molar-refractivity contribution in [3.63, 3.8) is 0 Å². The molecule has 0 saturated heterocycles. The van der Waals surface area contributed by atoms with Crippen LogP contribution in [0.25, 0.3) is 0 Å². The molecule has 2 saturated carbocycles. The largest absolute Gasteiger partial charge is 0.457 e. The van der Waals surface area contributed by atoms with E-state index in [4.69, 9.17) is 4.12 Å². The van der Waals surface area contributed by atoms with Crippen LogP contribution in [0, 0.1) is 0 Å². The van der Waals surface area contributed by atoms with Crippen molar-refractivity contribution in [2.24, 2.45) is 0 Å². The van der Waals surface area contributed by atoms with Gasteiger partial charge in [0.25, 0.3) is 0 Å². The Morgan fingerprint density at radius 3 is 1.47 bits per heavy atom. The predicted octanol–water partition coefficient (Wildman–Crippen LogP) is 3.75. The highest BCUT2D eigenvalue weighted by Gasteiger charge is 2.33. The molecule has 0 aliphatic heterocycles. The van der Waals surface area contributed by atoms with Crippen molar-refractivity contribution in [1.29, 1.82) is 0 Å². The standard InChI is InChI=1S/C12H22OSi2/c14-13-15(11-7-3-1-4-8-11)12-9-5-2-6-10-12/h11-12H,1-10H2. The molecule has 2 aliphatic rings. The van der Waals surface area contributed by atoms with Gasteiger partial charge in [-0.15, -0.1) is 0 Å². The van der Waals surface area contributed by atoms with Crippen LogP contribution in [0.1, 0.15) is 64.2 Å². The van der Waals surface area contributed by atoms with Crippen molar-refractivity contribution in [2.45, 2.75) is 75.3 Å². The van der Waals surface area contributed by atoms with E-state index in [9.17, 15) is 0 Å². The summed E-state index contributed by atoms with van der Waals surface area (Å²) in [7, 11) is 2.81. The topological polar surface area (TPSA) is 9.23 Å². The number of rotatable bonds is 3. The van der Waals surface area contributed by atoms with Crippen LogP contribution >= 0.6 is 0 Å². The van der Waals surface area contributed by atoms with E-state index < -0.39 is 9.04 Å². The molecule has 0 aromatic rings. The first kappa shape index (κ1) is 11.9. The van der Waals surface area contributed by atoms with Crippen LogP contribution in [0.2, 0.25) is 11.1 Å². The molecule has 3 heteroatoms. The Labute approximate surface area is 99.3 Å². The van der Waals surface area contributed by atoms with Crippen LogP contribution in [-0.2, 0) is 4.12 Å². The SMILES string of the molecule is [Si]O[Si](C1CCCCC1)C1CCCCC1. The molecule has 2 rings (SSSR count). The Morgan fingerprint density at radius 2 is 1.13 bits per heavy atom. The second kappa shape index (κ2) is 6.21. The summed E-state index contributed by atoms with van der Waals surface area (Å²) >= 11 is 0. The first-order valence-corrected chi connectivity index (χ1v) is 8.59. The molecule has 2 fully saturated rings. The van der Waals surface area contributed by atoms with Gasteiger partial charge in [0.1, 0.15) is 0 Å². The van der Waals surface area contributed by atoms with Gasteiger partial charge in [-0.2, -0.15) is 0 Å². The third-order valence-electron chi connectivity index (χ3n) is 4.13. The zero-order valence-electron chi connectivity index (χ0n) is 9.63. The molecule has 0 spiro atoms. The van der Waals surface area contributed by atoms with Gasteiger partial charge in [0.15, 0.2) is 0 Å². The summed E-state index contributed by atoms with van der Waals surface area (Å²) in [4.78, 5) is 0. The van der Waals surface area contributed by atoms with Gasteiger partial charge in [0.2, 0.25) is 19.5 Å². The predicted molar refractivity (Wildman–Crippen MR) is 66.3 cm³/mol. The fourth-order valence-corrected chi connectivity index (χ4v) is 7.23. The highest BCUT2D eigenvalue weighted by molar-refractivity contribution is 6.58. The van der Waals surface area contributed by atoms with Crippen molar-refractivity contribution in [3.8, 4) is 0 Å². The third kappa shape index (κ3) is 3.17. The van der Waals surface area contributed by atoms with Gasteiger partial charge in [0, 0.05) is 0 Å². The van der Waals surface area contributed by atoms with E-state index in [1.165, 1.54) is 64.2 Å². The Bertz CT molecular complexity index is 156. The summed E-state index contributed by atoms with van der Waals surface area (Å²) in [6, 6.07) is 0. The lowest BCUT2D eigenvalue weighted by atomic mass is 9.99. The summed E-state index contributed by atoms with van der Waals surface area (Å²) in [6.45, 7) is 0. The first-order chi connectivity index (χ1) is 7.42. The normalized spacial score (nSPS) is 26.0. The fourth-order valence-electron chi connectivity index (χ4n) is 3.27. The van der Waals surface area contributed by atoms with Crippen LogP contribution < -0.4 is 0 Å². The van der Waals surface area contributed by atoms with Crippen LogP contribution in [0.4, 0.5) is 0 Å². The quantitative estimate of drug-likeness (QED) is 0.681. The van der Waals surface area contributed by atoms with Gasteiger partial charge in [0.05, 0.1) is 0 Å². The zero-order valence-corrected chi connectivity index (χ0v) is 11.6. The third-order valence-corrected chi connectivity index (χ3v) is 7.84. The summed E-state index contributed by atoms with van der Waals surface area (Å²) in [5.74, 6) is 0. The molecule has 4 radical (unpaired) electrons. The second-order valence-electron chi connectivity index (χ2n) is 5.17. The molecule has 0 aromatic heterocycles. The van der Waals surface area contributed by atoms with Crippen molar-refractivity contribution < 1.29 is 4.12 Å². The van der Waals surface area contributed by atoms with E-state index >= 15 is 0 Å². The highest BCUT2D eigenvalue weighted by Crippen LogP contribution is 2.41. The Hall–Kier alpha value is 0.394. The Balaban J connectivity index is 1.88. The van der Waals surface area contributed by atoms with Gasteiger partial charge < -0.3 is 4.12 Å². The molecule has 0 heterocycles. The van der Waals surface area contributed by atoms with E-state index in [0.29, 0.717) is 0 Å². The molecular formula is C12H22OSi2.